The molecule has 0 bridgehead atoms. The summed E-state index contributed by atoms with van der Waals surface area (Å²) in [6.45, 7) is 0. The molecule has 0 spiro atoms. The number of nitrogens with zero attached hydrogens (tertiary/aromatic N) is 2. The Labute approximate surface area is 116 Å². The highest BCUT2D eigenvalue weighted by Crippen LogP contribution is 2.15. The fraction of sp³-hybridized carbons (Fsp3) is 0.0833. The van der Waals surface area contributed by atoms with Gasteiger partial charge < -0.3 is 5.32 Å². The summed E-state index contributed by atoms with van der Waals surface area (Å²) in [6.07, 6.45) is 5.32. The molecule has 2 N–H and O–H groups in total. The first-order chi connectivity index (χ1) is 9.44. The number of anilines is 2. The summed E-state index contributed by atoms with van der Waals surface area (Å²) in [4.78, 5) is 19.5. The number of rotatable bonds is 4. The number of carbonyl (C=O) groups excluding carboxylic acids is 1. The number of amides is 1. The van der Waals surface area contributed by atoms with Crippen molar-refractivity contribution in [2.45, 2.75) is 0 Å². The van der Waals surface area contributed by atoms with Gasteiger partial charge in [-0.1, -0.05) is 0 Å². The lowest BCUT2D eigenvalue weighted by Gasteiger charge is -2.06. The molecule has 0 aliphatic rings. The van der Waals surface area contributed by atoms with Gasteiger partial charge in [0.2, 0.25) is 10.0 Å². The summed E-state index contributed by atoms with van der Waals surface area (Å²) >= 11 is 0. The zero-order valence-electron chi connectivity index (χ0n) is 10.6. The van der Waals surface area contributed by atoms with Gasteiger partial charge >= 0.3 is 0 Å². The topological polar surface area (TPSA) is 101 Å². The molecule has 1 amide bonds. The maximum atomic E-state index is 11.8. The fourth-order valence-corrected chi connectivity index (χ4v) is 2.01. The van der Waals surface area contributed by atoms with Crippen LogP contribution in [0.3, 0.4) is 0 Å². The number of nitrogens with one attached hydrogen (secondary N) is 2. The lowest BCUT2D eigenvalue weighted by atomic mass is 10.3. The Balaban J connectivity index is 2.06. The smallest absolute Gasteiger partial charge is 0.275 e. The van der Waals surface area contributed by atoms with E-state index < -0.39 is 10.0 Å². The van der Waals surface area contributed by atoms with E-state index in [0.29, 0.717) is 11.4 Å². The maximum Gasteiger partial charge on any atom is 0.275 e. The fourth-order valence-electron chi connectivity index (χ4n) is 1.45. The molecule has 2 rings (SSSR count). The third kappa shape index (κ3) is 4.02. The minimum Gasteiger partial charge on any atom is -0.321 e. The van der Waals surface area contributed by atoms with E-state index in [9.17, 15) is 13.2 Å². The predicted molar refractivity (Wildman–Crippen MR) is 74.9 cm³/mol. The van der Waals surface area contributed by atoms with E-state index in [4.69, 9.17) is 0 Å². The van der Waals surface area contributed by atoms with Crippen molar-refractivity contribution in [1.82, 2.24) is 9.97 Å². The third-order valence-electron chi connectivity index (χ3n) is 2.24. The Bertz CT molecular complexity index is 699. The number of hydrogen-bond donors (Lipinski definition) is 2. The maximum absolute atomic E-state index is 11.8. The Morgan fingerprint density at radius 3 is 2.30 bits per heavy atom. The Morgan fingerprint density at radius 1 is 1.10 bits per heavy atom. The van der Waals surface area contributed by atoms with Gasteiger partial charge in [-0.25, -0.2) is 13.4 Å². The van der Waals surface area contributed by atoms with E-state index in [-0.39, 0.29) is 11.6 Å². The molecule has 1 aromatic heterocycles. The van der Waals surface area contributed by atoms with Crippen molar-refractivity contribution in [1.29, 1.82) is 0 Å². The summed E-state index contributed by atoms with van der Waals surface area (Å²) in [5, 5.41) is 2.63. The van der Waals surface area contributed by atoms with Crippen LogP contribution >= 0.6 is 0 Å². The van der Waals surface area contributed by atoms with E-state index in [1.54, 1.807) is 24.3 Å². The molecule has 0 saturated heterocycles. The molecular formula is C12H12N4O3S. The highest BCUT2D eigenvalue weighted by molar-refractivity contribution is 7.92. The van der Waals surface area contributed by atoms with E-state index in [1.165, 1.54) is 18.6 Å². The number of aromatic nitrogens is 2. The largest absolute Gasteiger partial charge is 0.321 e. The van der Waals surface area contributed by atoms with Gasteiger partial charge in [0.1, 0.15) is 5.69 Å². The summed E-state index contributed by atoms with van der Waals surface area (Å²) < 4.78 is 24.4. The lowest BCUT2D eigenvalue weighted by Crippen LogP contribution is -2.14. The number of hydrogen-bond acceptors (Lipinski definition) is 5. The van der Waals surface area contributed by atoms with Gasteiger partial charge in [0.25, 0.3) is 5.91 Å². The molecule has 0 fully saturated rings. The third-order valence-corrected chi connectivity index (χ3v) is 2.85. The summed E-state index contributed by atoms with van der Waals surface area (Å²) in [5.74, 6) is -0.387. The Hall–Kier alpha value is -2.48. The SMILES string of the molecule is CS(=O)(=O)Nc1ccc(NC(=O)c2cnccn2)cc1. The van der Waals surface area contributed by atoms with Gasteiger partial charge in [-0.15, -0.1) is 0 Å². The summed E-state index contributed by atoms with van der Waals surface area (Å²) in [5.41, 5.74) is 1.15. The molecule has 7 nitrogen and oxygen atoms in total. The summed E-state index contributed by atoms with van der Waals surface area (Å²) in [7, 11) is -3.31. The van der Waals surface area contributed by atoms with Gasteiger partial charge in [0.05, 0.1) is 12.5 Å². The van der Waals surface area contributed by atoms with Gasteiger partial charge in [0, 0.05) is 23.8 Å². The molecule has 8 heteroatoms. The van der Waals surface area contributed by atoms with Gasteiger partial charge in [0.15, 0.2) is 0 Å². The molecule has 0 aliphatic carbocycles. The van der Waals surface area contributed by atoms with Crippen molar-refractivity contribution >= 4 is 27.3 Å². The van der Waals surface area contributed by atoms with Crippen LogP contribution in [0.25, 0.3) is 0 Å². The molecule has 104 valence electrons. The van der Waals surface area contributed by atoms with Crippen LogP contribution in [0.1, 0.15) is 10.5 Å². The molecular weight excluding hydrogens is 280 g/mol. The van der Waals surface area contributed by atoms with E-state index in [0.717, 1.165) is 6.26 Å². The second kappa shape index (κ2) is 5.66. The average Bonchev–Trinajstić information content (AvgIpc) is 2.40. The molecule has 0 aliphatic heterocycles. The molecule has 0 saturated carbocycles. The quantitative estimate of drug-likeness (QED) is 0.878. The van der Waals surface area contributed by atoms with Crippen molar-refractivity contribution in [2.75, 3.05) is 16.3 Å². The van der Waals surface area contributed by atoms with Crippen LogP contribution in [0.2, 0.25) is 0 Å². The molecule has 2 aromatic rings. The number of carbonyl (C=O) groups is 1. The highest BCUT2D eigenvalue weighted by Gasteiger charge is 2.07. The van der Waals surface area contributed by atoms with Gasteiger partial charge in [-0.3, -0.25) is 14.5 Å². The molecule has 0 unspecified atom stereocenters. The standard InChI is InChI=1S/C12H12N4O3S/c1-20(18,19)16-10-4-2-9(3-5-10)15-12(17)11-8-13-6-7-14-11/h2-8,16H,1H3,(H,15,17). The minimum atomic E-state index is -3.31. The zero-order valence-corrected chi connectivity index (χ0v) is 11.4. The van der Waals surface area contributed by atoms with E-state index in [1.807, 2.05) is 0 Å². The molecule has 20 heavy (non-hydrogen) atoms. The summed E-state index contributed by atoms with van der Waals surface area (Å²) in [6, 6.07) is 6.27. The molecule has 1 heterocycles. The predicted octanol–water partition coefficient (Wildman–Crippen LogP) is 1.10. The molecule has 0 atom stereocenters. The number of benzene rings is 1. The van der Waals surface area contributed by atoms with Gasteiger partial charge in [-0.05, 0) is 24.3 Å². The zero-order chi connectivity index (χ0) is 14.6. The van der Waals surface area contributed by atoms with Crippen molar-refractivity contribution < 1.29 is 13.2 Å². The Morgan fingerprint density at radius 2 is 1.75 bits per heavy atom. The second-order valence-corrected chi connectivity index (χ2v) is 5.74. The average molecular weight is 292 g/mol. The van der Waals surface area contributed by atoms with Crippen LogP contribution in [-0.4, -0.2) is 30.5 Å². The number of sulfonamides is 1. The van der Waals surface area contributed by atoms with E-state index in [2.05, 4.69) is 20.0 Å². The Kier molecular flexibility index (Phi) is 3.94. The van der Waals surface area contributed by atoms with Crippen LogP contribution in [0.4, 0.5) is 11.4 Å². The lowest BCUT2D eigenvalue weighted by molar-refractivity contribution is 0.102. The van der Waals surface area contributed by atoms with Crippen LogP contribution < -0.4 is 10.0 Å². The minimum absolute atomic E-state index is 0.200. The second-order valence-electron chi connectivity index (χ2n) is 4.00. The van der Waals surface area contributed by atoms with Gasteiger partial charge in [-0.2, -0.15) is 0 Å². The van der Waals surface area contributed by atoms with Crippen LogP contribution in [0.15, 0.2) is 42.9 Å². The van der Waals surface area contributed by atoms with Crippen molar-refractivity contribution in [3.63, 3.8) is 0 Å². The molecule has 0 radical (unpaired) electrons. The van der Waals surface area contributed by atoms with Crippen LogP contribution in [-0.2, 0) is 10.0 Å². The normalized spacial score (nSPS) is 10.8. The first-order valence-corrected chi connectivity index (χ1v) is 7.48. The molecule has 1 aromatic carbocycles. The first kappa shape index (κ1) is 13.9. The first-order valence-electron chi connectivity index (χ1n) is 5.59. The van der Waals surface area contributed by atoms with Crippen molar-refractivity contribution in [3.8, 4) is 0 Å². The van der Waals surface area contributed by atoms with Crippen molar-refractivity contribution in [3.05, 3.63) is 48.5 Å². The van der Waals surface area contributed by atoms with E-state index >= 15 is 0 Å². The van der Waals surface area contributed by atoms with Crippen LogP contribution in [0.5, 0.6) is 0 Å². The highest BCUT2D eigenvalue weighted by atomic mass is 32.2. The monoisotopic (exact) mass is 292 g/mol. The van der Waals surface area contributed by atoms with Crippen molar-refractivity contribution in [2.24, 2.45) is 0 Å². The van der Waals surface area contributed by atoms with Crippen LogP contribution in [0, 0.1) is 0 Å².